The first kappa shape index (κ1) is 17.9. The number of allylic oxidation sites excluding steroid dienone is 2. The fraction of sp³-hybridized carbons (Fsp3) is 0.500. The van der Waals surface area contributed by atoms with Gasteiger partial charge in [-0.05, 0) is 54.2 Å². The number of ether oxygens (including phenoxy) is 1. The summed E-state index contributed by atoms with van der Waals surface area (Å²) in [5.41, 5.74) is 1.06. The van der Waals surface area contributed by atoms with Crippen molar-refractivity contribution in [3.8, 4) is 0 Å². The van der Waals surface area contributed by atoms with Crippen LogP contribution in [0, 0.1) is 29.1 Å². The molecule has 1 N–H and O–H groups in total. The molecule has 4 nitrogen and oxygen atoms in total. The van der Waals surface area contributed by atoms with E-state index in [9.17, 15) is 9.59 Å². The molecule has 0 saturated heterocycles. The Morgan fingerprint density at radius 2 is 1.88 bits per heavy atom. The number of hydrogen-bond donors (Lipinski definition) is 1. The van der Waals surface area contributed by atoms with Gasteiger partial charge in [0.2, 0.25) is 5.91 Å². The number of rotatable bonds is 5. The summed E-state index contributed by atoms with van der Waals surface area (Å²) in [6, 6.07) is 5.36. The van der Waals surface area contributed by atoms with Crippen molar-refractivity contribution in [1.29, 1.82) is 0 Å². The molecule has 0 aliphatic heterocycles. The van der Waals surface area contributed by atoms with E-state index in [0.29, 0.717) is 23.0 Å². The average Bonchev–Trinajstić information content (AvgIpc) is 3.29. The Labute approximate surface area is 162 Å². The highest BCUT2D eigenvalue weighted by Crippen LogP contribution is 2.72. The Hall–Kier alpha value is -1.52. The molecule has 2 bridgehead atoms. The van der Waals surface area contributed by atoms with Gasteiger partial charge in [-0.2, -0.15) is 0 Å². The summed E-state index contributed by atoms with van der Waals surface area (Å²) in [5, 5.41) is 4.19. The lowest BCUT2D eigenvalue weighted by Gasteiger charge is -2.25. The van der Waals surface area contributed by atoms with Gasteiger partial charge in [-0.25, -0.2) is 0 Å². The zero-order valence-electron chi connectivity index (χ0n) is 14.5. The van der Waals surface area contributed by atoms with Crippen LogP contribution in [-0.2, 0) is 20.7 Å². The molecule has 1 amide bonds. The second kappa shape index (κ2) is 6.58. The molecule has 3 aliphatic carbocycles. The van der Waals surface area contributed by atoms with Crippen molar-refractivity contribution < 1.29 is 14.3 Å². The predicted molar refractivity (Wildman–Crippen MR) is 100.0 cm³/mol. The van der Waals surface area contributed by atoms with Gasteiger partial charge in [-0.15, -0.1) is 0 Å². The second-order valence-electron chi connectivity index (χ2n) is 7.52. The van der Waals surface area contributed by atoms with E-state index in [0.717, 1.165) is 18.4 Å². The van der Waals surface area contributed by atoms with E-state index in [2.05, 4.69) is 17.5 Å². The molecule has 6 heteroatoms. The predicted octanol–water partition coefficient (Wildman–Crippen LogP) is 3.65. The van der Waals surface area contributed by atoms with Crippen LogP contribution in [0.4, 0.5) is 0 Å². The minimum Gasteiger partial charge on any atom is -0.469 e. The molecule has 1 aromatic carbocycles. The van der Waals surface area contributed by atoms with Crippen molar-refractivity contribution >= 4 is 35.1 Å². The Morgan fingerprint density at radius 3 is 2.50 bits per heavy atom. The summed E-state index contributed by atoms with van der Waals surface area (Å²) < 4.78 is 5.01. The summed E-state index contributed by atoms with van der Waals surface area (Å²) in [4.78, 5) is 25.2. The lowest BCUT2D eigenvalue weighted by Crippen LogP contribution is -2.41. The molecule has 4 rings (SSSR count). The molecule has 1 unspecified atom stereocenters. The molecule has 138 valence electrons. The summed E-state index contributed by atoms with van der Waals surface area (Å²) in [7, 11) is 1.40. The smallest absolute Gasteiger partial charge is 0.310 e. The second-order valence-corrected chi connectivity index (χ2v) is 8.36. The summed E-state index contributed by atoms with van der Waals surface area (Å²) >= 11 is 12.1. The third-order valence-electron chi connectivity index (χ3n) is 6.33. The summed E-state index contributed by atoms with van der Waals surface area (Å²) in [6.45, 7) is 0.471. The van der Waals surface area contributed by atoms with E-state index in [1.807, 2.05) is 6.07 Å². The number of carbonyl (C=O) groups excluding carboxylic acids is 2. The number of amides is 1. The Bertz CT molecular complexity index is 787. The standard InChI is InChI=1S/C20H21Cl2NO3/c1-26-19(25)17-14-5-4-13(20(14)7-8-20)16(17)18(24)23-9-6-11-2-3-12(21)10-15(11)22/h2-5,10,13-14,16-17H,6-9H2,1H3,(H,23,24)/t13-,14+,16?,17+/m0/s1. The average molecular weight is 394 g/mol. The maximum atomic E-state index is 12.9. The first-order valence-electron chi connectivity index (χ1n) is 8.96. The van der Waals surface area contributed by atoms with Crippen molar-refractivity contribution in [2.45, 2.75) is 19.3 Å². The highest BCUT2D eigenvalue weighted by atomic mass is 35.5. The highest BCUT2D eigenvalue weighted by Gasteiger charge is 2.70. The highest BCUT2D eigenvalue weighted by molar-refractivity contribution is 6.35. The van der Waals surface area contributed by atoms with Crippen LogP contribution in [0.15, 0.2) is 30.4 Å². The van der Waals surface area contributed by atoms with Gasteiger partial charge in [-0.3, -0.25) is 9.59 Å². The Kier molecular flexibility index (Phi) is 4.52. The van der Waals surface area contributed by atoms with Crippen molar-refractivity contribution in [2.24, 2.45) is 29.1 Å². The van der Waals surface area contributed by atoms with E-state index in [1.165, 1.54) is 7.11 Å². The van der Waals surface area contributed by atoms with Crippen LogP contribution in [0.1, 0.15) is 18.4 Å². The van der Waals surface area contributed by atoms with Gasteiger partial charge < -0.3 is 10.1 Å². The van der Waals surface area contributed by atoms with Crippen LogP contribution in [0.25, 0.3) is 0 Å². The third kappa shape index (κ3) is 2.74. The normalized spacial score (nSPS) is 29.8. The van der Waals surface area contributed by atoms with Gasteiger partial charge >= 0.3 is 5.97 Å². The van der Waals surface area contributed by atoms with Crippen LogP contribution in [0.3, 0.4) is 0 Å². The SMILES string of the molecule is COC(=O)[C@H]1C(C(=O)NCCc2ccc(Cl)cc2Cl)[C@@H]2C=C[C@H]1C21CC1. The number of benzene rings is 1. The largest absolute Gasteiger partial charge is 0.469 e. The van der Waals surface area contributed by atoms with Gasteiger partial charge in [0, 0.05) is 16.6 Å². The number of carbonyl (C=O) groups is 2. The van der Waals surface area contributed by atoms with Gasteiger partial charge in [-0.1, -0.05) is 41.4 Å². The molecule has 2 saturated carbocycles. The van der Waals surface area contributed by atoms with E-state index in [1.54, 1.807) is 12.1 Å². The fourth-order valence-corrected chi connectivity index (χ4v) is 5.48. The fourth-order valence-electron chi connectivity index (χ4n) is 4.98. The number of esters is 1. The molecular weight excluding hydrogens is 373 g/mol. The van der Waals surface area contributed by atoms with Crippen LogP contribution in [0.2, 0.25) is 10.0 Å². The third-order valence-corrected chi connectivity index (χ3v) is 6.91. The molecule has 4 atom stereocenters. The quantitative estimate of drug-likeness (QED) is 0.613. The number of halogens is 2. The van der Waals surface area contributed by atoms with E-state index >= 15 is 0 Å². The van der Waals surface area contributed by atoms with Crippen molar-refractivity contribution in [3.05, 3.63) is 46.0 Å². The summed E-state index contributed by atoms with van der Waals surface area (Å²) in [6.07, 6.45) is 7.06. The number of hydrogen-bond acceptors (Lipinski definition) is 3. The topological polar surface area (TPSA) is 55.4 Å². The van der Waals surface area contributed by atoms with E-state index in [4.69, 9.17) is 27.9 Å². The maximum Gasteiger partial charge on any atom is 0.310 e. The van der Waals surface area contributed by atoms with Crippen molar-refractivity contribution in [3.63, 3.8) is 0 Å². The molecule has 0 heterocycles. The molecular formula is C20H21Cl2NO3. The zero-order valence-corrected chi connectivity index (χ0v) is 16.0. The van der Waals surface area contributed by atoms with Crippen LogP contribution < -0.4 is 5.32 Å². The minimum absolute atomic E-state index is 0.0615. The summed E-state index contributed by atoms with van der Waals surface area (Å²) in [5.74, 6) is -0.739. The monoisotopic (exact) mass is 393 g/mol. The number of nitrogens with one attached hydrogen (secondary N) is 1. The van der Waals surface area contributed by atoms with Gasteiger partial charge in [0.25, 0.3) is 0 Å². The van der Waals surface area contributed by atoms with Crippen molar-refractivity contribution in [1.82, 2.24) is 5.32 Å². The molecule has 3 aliphatic rings. The van der Waals surface area contributed by atoms with Crippen LogP contribution in [0.5, 0.6) is 0 Å². The van der Waals surface area contributed by atoms with Gasteiger partial charge in [0.1, 0.15) is 0 Å². The van der Waals surface area contributed by atoms with E-state index < -0.39 is 0 Å². The van der Waals surface area contributed by atoms with Crippen LogP contribution in [-0.4, -0.2) is 25.5 Å². The molecule has 0 aromatic heterocycles. The zero-order chi connectivity index (χ0) is 18.5. The van der Waals surface area contributed by atoms with E-state index in [-0.39, 0.29) is 41.0 Å². The Morgan fingerprint density at radius 1 is 1.19 bits per heavy atom. The van der Waals surface area contributed by atoms with Gasteiger partial charge in [0.05, 0.1) is 18.9 Å². The van der Waals surface area contributed by atoms with Crippen molar-refractivity contribution in [2.75, 3.05) is 13.7 Å². The minimum atomic E-state index is -0.364. The molecule has 1 aromatic rings. The molecule has 2 fully saturated rings. The first-order chi connectivity index (χ1) is 12.5. The maximum absolute atomic E-state index is 12.9. The first-order valence-corrected chi connectivity index (χ1v) is 9.71. The molecule has 0 radical (unpaired) electrons. The van der Waals surface area contributed by atoms with Gasteiger partial charge in [0.15, 0.2) is 0 Å². The van der Waals surface area contributed by atoms with Crippen LogP contribution >= 0.6 is 23.2 Å². The molecule has 26 heavy (non-hydrogen) atoms. The lowest BCUT2D eigenvalue weighted by molar-refractivity contribution is -0.151. The lowest BCUT2D eigenvalue weighted by atomic mass is 9.82. The molecule has 1 spiro atoms. The Balaban J connectivity index is 1.44. The number of methoxy groups -OCH3 is 1.